The Hall–Kier alpha value is -2.33. The Morgan fingerprint density at radius 1 is 1.08 bits per heavy atom. The molecule has 1 atom stereocenters. The number of methoxy groups -OCH3 is 2. The number of fused-ring (bicyclic) bond motifs is 2. The number of para-hydroxylation sites is 1. The van der Waals surface area contributed by atoms with Gasteiger partial charge in [0.2, 0.25) is 5.72 Å². The number of ether oxygens (including phenoxy) is 3. The first-order valence-electron chi connectivity index (χ1n) is 8.53. The molecule has 0 bridgehead atoms. The van der Waals surface area contributed by atoms with E-state index in [1.807, 2.05) is 25.2 Å². The Labute approximate surface area is 158 Å². The van der Waals surface area contributed by atoms with E-state index in [0.29, 0.717) is 16.5 Å². The van der Waals surface area contributed by atoms with E-state index in [1.54, 1.807) is 20.3 Å². The summed E-state index contributed by atoms with van der Waals surface area (Å²) >= 11 is 6.21. The van der Waals surface area contributed by atoms with Crippen LogP contribution in [0.25, 0.3) is 6.08 Å². The molecule has 1 spiro atoms. The molecule has 2 heterocycles. The lowest BCUT2D eigenvalue weighted by Crippen LogP contribution is -2.58. The van der Waals surface area contributed by atoms with Crippen molar-refractivity contribution >= 4 is 23.4 Å². The molecule has 26 heavy (non-hydrogen) atoms. The van der Waals surface area contributed by atoms with Crippen LogP contribution in [0.4, 0.5) is 5.69 Å². The highest BCUT2D eigenvalue weighted by Crippen LogP contribution is 2.57. The van der Waals surface area contributed by atoms with Crippen LogP contribution in [0.2, 0.25) is 5.02 Å². The standard InChI is InChI=1S/C21H22ClNO3/c1-20(2)15-7-6-8-16(24-4)18(15)23(3)21(20)10-9-13-11-14(22)12-17(25-5)19(13)26-21/h6-12H,1-5H3. The van der Waals surface area contributed by atoms with E-state index in [0.717, 1.165) is 17.0 Å². The molecule has 0 saturated heterocycles. The summed E-state index contributed by atoms with van der Waals surface area (Å²) in [6.45, 7) is 4.37. The summed E-state index contributed by atoms with van der Waals surface area (Å²) in [6, 6.07) is 9.80. The molecule has 2 aliphatic heterocycles. The second-order valence-electron chi connectivity index (χ2n) is 7.20. The third-order valence-electron chi connectivity index (χ3n) is 5.64. The molecule has 0 radical (unpaired) electrons. The van der Waals surface area contributed by atoms with Gasteiger partial charge >= 0.3 is 0 Å². The Morgan fingerprint density at radius 3 is 2.50 bits per heavy atom. The fourth-order valence-corrected chi connectivity index (χ4v) is 4.41. The minimum atomic E-state index is -0.696. The maximum atomic E-state index is 6.67. The molecular weight excluding hydrogens is 350 g/mol. The number of likely N-dealkylation sites (N-methyl/N-ethyl adjacent to an activating group) is 1. The maximum Gasteiger partial charge on any atom is 0.212 e. The van der Waals surface area contributed by atoms with Crippen LogP contribution in [-0.4, -0.2) is 27.0 Å². The summed E-state index contributed by atoms with van der Waals surface area (Å²) in [6.07, 6.45) is 4.16. The van der Waals surface area contributed by atoms with E-state index < -0.39 is 5.72 Å². The SMILES string of the molecule is COc1cc(Cl)cc2c1OC1(C=C2)N(C)c2c(OC)cccc2C1(C)C. The lowest BCUT2D eigenvalue weighted by molar-refractivity contribution is 0.0551. The number of anilines is 1. The van der Waals surface area contributed by atoms with E-state index in [-0.39, 0.29) is 5.41 Å². The van der Waals surface area contributed by atoms with Crippen LogP contribution in [0.5, 0.6) is 17.2 Å². The molecule has 136 valence electrons. The number of nitrogens with zero attached hydrogens (tertiary/aromatic N) is 1. The Kier molecular flexibility index (Phi) is 3.67. The largest absolute Gasteiger partial charge is 0.495 e. The zero-order valence-electron chi connectivity index (χ0n) is 15.6. The highest BCUT2D eigenvalue weighted by Gasteiger charge is 2.58. The van der Waals surface area contributed by atoms with Crippen LogP contribution in [0, 0.1) is 0 Å². The van der Waals surface area contributed by atoms with Gasteiger partial charge in [0.25, 0.3) is 0 Å². The molecule has 0 aliphatic carbocycles. The van der Waals surface area contributed by atoms with E-state index in [4.69, 9.17) is 25.8 Å². The molecule has 2 aromatic rings. The van der Waals surface area contributed by atoms with E-state index >= 15 is 0 Å². The molecular formula is C21H22ClNO3. The van der Waals surface area contributed by atoms with Crippen molar-refractivity contribution in [2.75, 3.05) is 26.2 Å². The predicted molar refractivity (Wildman–Crippen MR) is 105 cm³/mol. The Bertz CT molecular complexity index is 922. The Balaban J connectivity index is 1.92. The lowest BCUT2D eigenvalue weighted by atomic mass is 9.76. The molecule has 0 aromatic heterocycles. The molecule has 0 N–H and O–H groups in total. The Morgan fingerprint density at radius 2 is 1.81 bits per heavy atom. The first-order valence-corrected chi connectivity index (χ1v) is 8.90. The van der Waals surface area contributed by atoms with Crippen LogP contribution in [0.3, 0.4) is 0 Å². The maximum absolute atomic E-state index is 6.67. The molecule has 2 aliphatic rings. The smallest absolute Gasteiger partial charge is 0.212 e. The number of hydrogen-bond acceptors (Lipinski definition) is 4. The highest BCUT2D eigenvalue weighted by molar-refractivity contribution is 6.31. The van der Waals surface area contributed by atoms with Crippen molar-refractivity contribution in [3.8, 4) is 17.2 Å². The van der Waals surface area contributed by atoms with Gasteiger partial charge in [-0.25, -0.2) is 0 Å². The second-order valence-corrected chi connectivity index (χ2v) is 7.64. The molecule has 5 heteroatoms. The van der Waals surface area contributed by atoms with Crippen molar-refractivity contribution in [1.82, 2.24) is 0 Å². The van der Waals surface area contributed by atoms with Crippen molar-refractivity contribution in [2.45, 2.75) is 25.0 Å². The van der Waals surface area contributed by atoms with E-state index in [2.05, 4.69) is 37.0 Å². The van der Waals surface area contributed by atoms with Crippen molar-refractivity contribution < 1.29 is 14.2 Å². The molecule has 1 unspecified atom stereocenters. The lowest BCUT2D eigenvalue weighted by Gasteiger charge is -2.46. The number of halogens is 1. The molecule has 0 amide bonds. The quantitative estimate of drug-likeness (QED) is 0.752. The fourth-order valence-electron chi connectivity index (χ4n) is 4.20. The van der Waals surface area contributed by atoms with Crippen molar-refractivity contribution in [3.63, 3.8) is 0 Å². The van der Waals surface area contributed by atoms with Gasteiger partial charge in [-0.2, -0.15) is 0 Å². The predicted octanol–water partition coefficient (Wildman–Crippen LogP) is 4.89. The zero-order valence-corrected chi connectivity index (χ0v) is 16.3. The van der Waals surface area contributed by atoms with E-state index in [1.165, 1.54) is 5.56 Å². The van der Waals surface area contributed by atoms with Crippen LogP contribution < -0.4 is 19.1 Å². The van der Waals surface area contributed by atoms with Gasteiger partial charge in [-0.1, -0.05) is 23.7 Å². The summed E-state index contributed by atoms with van der Waals surface area (Å²) < 4.78 is 17.8. The van der Waals surface area contributed by atoms with Gasteiger partial charge in [-0.3, -0.25) is 0 Å². The van der Waals surface area contributed by atoms with Crippen molar-refractivity contribution in [2.24, 2.45) is 0 Å². The molecule has 0 fully saturated rings. The number of rotatable bonds is 2. The normalized spacial score (nSPS) is 22.0. The van der Waals surface area contributed by atoms with Gasteiger partial charge in [0.1, 0.15) is 5.75 Å². The van der Waals surface area contributed by atoms with Gasteiger partial charge in [-0.05, 0) is 43.7 Å². The van der Waals surface area contributed by atoms with Gasteiger partial charge in [0.05, 0.1) is 25.3 Å². The van der Waals surface area contributed by atoms with Gasteiger partial charge in [-0.15, -0.1) is 0 Å². The third-order valence-corrected chi connectivity index (χ3v) is 5.85. The van der Waals surface area contributed by atoms with E-state index in [9.17, 15) is 0 Å². The summed E-state index contributed by atoms with van der Waals surface area (Å²) in [5, 5.41) is 0.619. The first kappa shape index (κ1) is 17.1. The second kappa shape index (κ2) is 5.58. The number of benzene rings is 2. The average Bonchev–Trinajstić information content (AvgIpc) is 2.80. The van der Waals surface area contributed by atoms with Crippen molar-refractivity contribution in [3.05, 3.63) is 52.6 Å². The van der Waals surface area contributed by atoms with Crippen LogP contribution in [-0.2, 0) is 5.41 Å². The average molecular weight is 372 g/mol. The van der Waals surface area contributed by atoms with Crippen LogP contribution in [0.1, 0.15) is 25.0 Å². The summed E-state index contributed by atoms with van der Waals surface area (Å²) in [5.41, 5.74) is 2.12. The number of hydrogen-bond donors (Lipinski definition) is 0. The third kappa shape index (κ3) is 2.02. The minimum Gasteiger partial charge on any atom is -0.495 e. The molecule has 2 aromatic carbocycles. The van der Waals surface area contributed by atoms with Crippen LogP contribution >= 0.6 is 11.6 Å². The van der Waals surface area contributed by atoms with Gasteiger partial charge in [0, 0.05) is 23.7 Å². The first-order chi connectivity index (χ1) is 12.4. The van der Waals surface area contributed by atoms with Gasteiger partial charge in [0.15, 0.2) is 11.5 Å². The molecule has 4 rings (SSSR count). The van der Waals surface area contributed by atoms with Crippen molar-refractivity contribution in [1.29, 1.82) is 0 Å². The highest BCUT2D eigenvalue weighted by atomic mass is 35.5. The van der Waals surface area contributed by atoms with Gasteiger partial charge < -0.3 is 19.1 Å². The summed E-state index contributed by atoms with van der Waals surface area (Å²) in [4.78, 5) is 2.15. The monoisotopic (exact) mass is 371 g/mol. The fraction of sp³-hybridized carbons (Fsp3) is 0.333. The summed E-state index contributed by atoms with van der Waals surface area (Å²) in [5.74, 6) is 2.16. The summed E-state index contributed by atoms with van der Waals surface area (Å²) in [7, 11) is 5.36. The van der Waals surface area contributed by atoms with Crippen LogP contribution in [0.15, 0.2) is 36.4 Å². The zero-order chi connectivity index (χ0) is 18.7. The molecule has 4 nitrogen and oxygen atoms in total. The minimum absolute atomic E-state index is 0.315. The topological polar surface area (TPSA) is 30.9 Å². The molecule has 0 saturated carbocycles.